The Morgan fingerprint density at radius 2 is 1.86 bits per heavy atom. The number of terminal acetylenes is 1. The predicted molar refractivity (Wildman–Crippen MR) is 60.8 cm³/mol. The van der Waals surface area contributed by atoms with Crippen LogP contribution in [0, 0.1) is 18.3 Å². The molecule has 2 nitrogen and oxygen atoms in total. The number of nitrogens with two attached hydrogens (primary N) is 1. The standard InChI is InChI=1S/C12H22N2/c1-4-12(9(2)3)14-11-7-5-10(13)6-8-11/h1,9-12,14H,5-8,13H2,2-3H3. The Bertz CT molecular complexity index is 197. The van der Waals surface area contributed by atoms with E-state index in [1.807, 2.05) is 0 Å². The Morgan fingerprint density at radius 3 is 2.29 bits per heavy atom. The molecule has 1 rings (SSSR count). The highest BCUT2D eigenvalue weighted by Gasteiger charge is 2.21. The molecule has 0 spiro atoms. The van der Waals surface area contributed by atoms with Crippen LogP contribution in [0.2, 0.25) is 0 Å². The van der Waals surface area contributed by atoms with Gasteiger partial charge in [0.05, 0.1) is 6.04 Å². The van der Waals surface area contributed by atoms with Crippen molar-refractivity contribution in [1.82, 2.24) is 5.32 Å². The van der Waals surface area contributed by atoms with Gasteiger partial charge in [-0.25, -0.2) is 0 Å². The maximum atomic E-state index is 5.85. The molecule has 0 aromatic carbocycles. The molecule has 0 amide bonds. The summed E-state index contributed by atoms with van der Waals surface area (Å²) in [5.41, 5.74) is 5.85. The van der Waals surface area contributed by atoms with Crippen molar-refractivity contribution in [3.05, 3.63) is 0 Å². The average Bonchev–Trinajstić information content (AvgIpc) is 2.16. The SMILES string of the molecule is C#CC(NC1CCC(N)CC1)C(C)C. The van der Waals surface area contributed by atoms with Crippen LogP contribution >= 0.6 is 0 Å². The normalized spacial score (nSPS) is 29.9. The lowest BCUT2D eigenvalue weighted by Gasteiger charge is -2.30. The first-order chi connectivity index (χ1) is 6.63. The van der Waals surface area contributed by atoms with Gasteiger partial charge in [-0.2, -0.15) is 0 Å². The largest absolute Gasteiger partial charge is 0.328 e. The first kappa shape index (κ1) is 11.6. The van der Waals surface area contributed by atoms with E-state index in [9.17, 15) is 0 Å². The quantitative estimate of drug-likeness (QED) is 0.668. The molecule has 1 aliphatic rings. The molecule has 80 valence electrons. The maximum Gasteiger partial charge on any atom is 0.0712 e. The van der Waals surface area contributed by atoms with E-state index in [2.05, 4.69) is 25.1 Å². The smallest absolute Gasteiger partial charge is 0.0712 e. The van der Waals surface area contributed by atoms with Crippen LogP contribution in [0.4, 0.5) is 0 Å². The van der Waals surface area contributed by atoms with Crippen LogP contribution in [0.3, 0.4) is 0 Å². The van der Waals surface area contributed by atoms with Crippen molar-refractivity contribution in [1.29, 1.82) is 0 Å². The fourth-order valence-corrected chi connectivity index (χ4v) is 1.97. The maximum absolute atomic E-state index is 5.85. The van der Waals surface area contributed by atoms with Gasteiger partial charge in [0.15, 0.2) is 0 Å². The number of hydrogen-bond acceptors (Lipinski definition) is 2. The third kappa shape index (κ3) is 3.32. The van der Waals surface area contributed by atoms with Crippen LogP contribution in [-0.2, 0) is 0 Å². The lowest BCUT2D eigenvalue weighted by atomic mass is 9.90. The molecule has 1 unspecified atom stereocenters. The fraction of sp³-hybridized carbons (Fsp3) is 0.833. The van der Waals surface area contributed by atoms with Gasteiger partial charge in [-0.05, 0) is 31.6 Å². The molecule has 3 N–H and O–H groups in total. The van der Waals surface area contributed by atoms with Gasteiger partial charge in [-0.1, -0.05) is 19.8 Å². The molecule has 1 saturated carbocycles. The lowest BCUT2D eigenvalue weighted by molar-refractivity contribution is 0.310. The Kier molecular flexibility index (Phi) is 4.44. The van der Waals surface area contributed by atoms with Crippen molar-refractivity contribution in [3.63, 3.8) is 0 Å². The fourth-order valence-electron chi connectivity index (χ4n) is 1.97. The zero-order valence-electron chi connectivity index (χ0n) is 9.29. The van der Waals surface area contributed by atoms with Crippen molar-refractivity contribution in [2.24, 2.45) is 11.7 Å². The average molecular weight is 194 g/mol. The molecule has 0 heterocycles. The van der Waals surface area contributed by atoms with Crippen LogP contribution in [0.15, 0.2) is 0 Å². The van der Waals surface area contributed by atoms with Gasteiger partial charge < -0.3 is 11.1 Å². The minimum atomic E-state index is 0.217. The molecule has 1 fully saturated rings. The van der Waals surface area contributed by atoms with E-state index in [4.69, 9.17) is 12.2 Å². The third-order valence-corrected chi connectivity index (χ3v) is 3.03. The number of hydrogen-bond donors (Lipinski definition) is 2. The van der Waals surface area contributed by atoms with Gasteiger partial charge in [0.2, 0.25) is 0 Å². The molecule has 0 aliphatic heterocycles. The van der Waals surface area contributed by atoms with E-state index in [1.165, 1.54) is 12.8 Å². The molecule has 1 atom stereocenters. The summed E-state index contributed by atoms with van der Waals surface area (Å²) < 4.78 is 0. The van der Waals surface area contributed by atoms with E-state index >= 15 is 0 Å². The van der Waals surface area contributed by atoms with Crippen molar-refractivity contribution < 1.29 is 0 Å². The Hall–Kier alpha value is -0.520. The first-order valence-electron chi connectivity index (χ1n) is 5.61. The van der Waals surface area contributed by atoms with Crippen molar-refractivity contribution in [2.75, 3.05) is 0 Å². The van der Waals surface area contributed by atoms with Crippen molar-refractivity contribution in [3.8, 4) is 12.3 Å². The summed E-state index contributed by atoms with van der Waals surface area (Å²) in [6, 6.07) is 1.21. The monoisotopic (exact) mass is 194 g/mol. The van der Waals surface area contributed by atoms with Crippen LogP contribution < -0.4 is 11.1 Å². The topological polar surface area (TPSA) is 38.0 Å². The summed E-state index contributed by atoms with van der Waals surface area (Å²) >= 11 is 0. The van der Waals surface area contributed by atoms with Gasteiger partial charge in [-0.15, -0.1) is 6.42 Å². The molecular formula is C12H22N2. The van der Waals surface area contributed by atoms with Gasteiger partial charge in [0, 0.05) is 12.1 Å². The molecular weight excluding hydrogens is 172 g/mol. The molecule has 0 aromatic rings. The minimum Gasteiger partial charge on any atom is -0.328 e. The summed E-state index contributed by atoms with van der Waals surface area (Å²) in [5.74, 6) is 3.33. The summed E-state index contributed by atoms with van der Waals surface area (Å²) in [6.07, 6.45) is 10.1. The predicted octanol–water partition coefficient (Wildman–Crippen LogP) is 1.50. The highest BCUT2D eigenvalue weighted by molar-refractivity contribution is 5.02. The van der Waals surface area contributed by atoms with E-state index < -0.39 is 0 Å². The van der Waals surface area contributed by atoms with Crippen LogP contribution in [0.5, 0.6) is 0 Å². The highest BCUT2D eigenvalue weighted by atomic mass is 15.0. The molecule has 0 saturated heterocycles. The van der Waals surface area contributed by atoms with Crippen LogP contribution in [0.1, 0.15) is 39.5 Å². The third-order valence-electron chi connectivity index (χ3n) is 3.03. The Labute approximate surface area is 87.6 Å². The summed E-state index contributed by atoms with van der Waals surface area (Å²) in [7, 11) is 0. The first-order valence-corrected chi connectivity index (χ1v) is 5.61. The van der Waals surface area contributed by atoms with E-state index in [1.54, 1.807) is 0 Å². The molecule has 0 aromatic heterocycles. The Morgan fingerprint density at radius 1 is 1.29 bits per heavy atom. The molecule has 0 bridgehead atoms. The minimum absolute atomic E-state index is 0.217. The summed E-state index contributed by atoms with van der Waals surface area (Å²) in [4.78, 5) is 0. The lowest BCUT2D eigenvalue weighted by Crippen LogP contribution is -2.44. The van der Waals surface area contributed by atoms with Crippen LogP contribution in [0.25, 0.3) is 0 Å². The second-order valence-electron chi connectivity index (χ2n) is 4.67. The van der Waals surface area contributed by atoms with E-state index in [-0.39, 0.29) is 6.04 Å². The van der Waals surface area contributed by atoms with Crippen molar-refractivity contribution in [2.45, 2.75) is 57.7 Å². The van der Waals surface area contributed by atoms with Crippen molar-refractivity contribution >= 4 is 0 Å². The second kappa shape index (κ2) is 5.38. The Balaban J connectivity index is 2.33. The highest BCUT2D eigenvalue weighted by Crippen LogP contribution is 2.18. The summed E-state index contributed by atoms with van der Waals surface area (Å²) in [6.45, 7) is 4.32. The van der Waals surface area contributed by atoms with Crippen LogP contribution in [-0.4, -0.2) is 18.1 Å². The second-order valence-corrected chi connectivity index (χ2v) is 4.67. The zero-order chi connectivity index (χ0) is 10.6. The van der Waals surface area contributed by atoms with Gasteiger partial charge >= 0.3 is 0 Å². The van der Waals surface area contributed by atoms with E-state index in [0.717, 1.165) is 12.8 Å². The molecule has 1 aliphatic carbocycles. The summed E-state index contributed by atoms with van der Waals surface area (Å²) in [5, 5.41) is 3.53. The molecule has 2 heteroatoms. The van der Waals surface area contributed by atoms with Gasteiger partial charge in [-0.3, -0.25) is 0 Å². The van der Waals surface area contributed by atoms with E-state index in [0.29, 0.717) is 18.0 Å². The number of rotatable bonds is 3. The zero-order valence-corrected chi connectivity index (χ0v) is 9.29. The number of nitrogens with one attached hydrogen (secondary N) is 1. The molecule has 14 heavy (non-hydrogen) atoms. The molecule has 0 radical (unpaired) electrons. The van der Waals surface area contributed by atoms with Gasteiger partial charge in [0.1, 0.15) is 0 Å². The van der Waals surface area contributed by atoms with Gasteiger partial charge in [0.25, 0.3) is 0 Å².